The first-order valence-electron chi connectivity index (χ1n) is 11.5. The van der Waals surface area contributed by atoms with Crippen LogP contribution in [-0.2, 0) is 41.4 Å². The molecule has 192 valence electrons. The number of ether oxygens (including phenoxy) is 4. The number of hydrogen-bond donors (Lipinski definition) is 0. The number of rotatable bonds is 4. The van der Waals surface area contributed by atoms with E-state index in [4.69, 9.17) is 52.4 Å². The van der Waals surface area contributed by atoms with Crippen LogP contribution in [0.25, 0.3) is 0 Å². The van der Waals surface area contributed by atoms with Gasteiger partial charge in [-0.25, -0.2) is 19.6 Å². The lowest BCUT2D eigenvalue weighted by molar-refractivity contribution is -0.175. The average Bonchev–Trinajstić information content (AvgIpc) is 3.40. The third-order valence-corrected chi connectivity index (χ3v) is 7.52. The molecule has 0 bridgehead atoms. The van der Waals surface area contributed by atoms with Gasteiger partial charge < -0.3 is 18.9 Å². The molecule has 2 aromatic carbocycles. The van der Waals surface area contributed by atoms with Gasteiger partial charge in [0.05, 0.1) is 14.2 Å². The highest BCUT2D eigenvalue weighted by molar-refractivity contribution is 6.32. The van der Waals surface area contributed by atoms with Crippen molar-refractivity contribution in [2.75, 3.05) is 34.3 Å². The van der Waals surface area contributed by atoms with Crippen LogP contribution in [0.1, 0.15) is 22.3 Å². The summed E-state index contributed by atoms with van der Waals surface area (Å²) in [5.74, 6) is -1.05. The molecule has 2 atom stereocenters. The topological polar surface area (TPSA) is 102 Å². The van der Waals surface area contributed by atoms with Gasteiger partial charge in [-0.2, -0.15) is 10.2 Å². The number of hydrogen-bond acceptors (Lipinski definition) is 10. The maximum absolute atomic E-state index is 12.8. The van der Waals surface area contributed by atoms with Crippen LogP contribution in [0.2, 0.25) is 10.0 Å². The first-order chi connectivity index (χ1) is 17.8. The molecule has 2 heterocycles. The van der Waals surface area contributed by atoms with Gasteiger partial charge in [0, 0.05) is 34.0 Å². The number of carbonyl (C=O) groups excluding carboxylic acids is 2. The van der Waals surface area contributed by atoms with Crippen LogP contribution in [-0.4, -0.2) is 78.9 Å². The zero-order chi connectivity index (χ0) is 25.9. The summed E-state index contributed by atoms with van der Waals surface area (Å²) in [6, 6.07) is 10.7. The monoisotopic (exact) mass is 544 g/mol. The van der Waals surface area contributed by atoms with E-state index in [1.807, 2.05) is 12.1 Å². The van der Waals surface area contributed by atoms with Crippen molar-refractivity contribution in [3.05, 3.63) is 68.7 Å². The average molecular weight is 545 g/mol. The summed E-state index contributed by atoms with van der Waals surface area (Å²) in [6.45, 7) is 0.194. The summed E-state index contributed by atoms with van der Waals surface area (Å²) in [4.78, 5) is 25.7. The van der Waals surface area contributed by atoms with Crippen LogP contribution in [0.3, 0.4) is 0 Å². The Morgan fingerprint density at radius 2 is 1.27 bits per heavy atom. The highest BCUT2D eigenvalue weighted by Gasteiger charge is 2.56. The van der Waals surface area contributed by atoms with Crippen molar-refractivity contribution in [3.63, 3.8) is 0 Å². The summed E-state index contributed by atoms with van der Waals surface area (Å²) in [5, 5.41) is 13.9. The molecule has 0 spiro atoms. The van der Waals surface area contributed by atoms with Gasteiger partial charge in [0.2, 0.25) is 11.2 Å². The SMILES string of the molecule is COC(=O)C12Cc3cc(Cl)ccc3C1=NN(CN1COC3(C(=O)OC)Cc4cc(Cl)ccc4C3=N1)CO2. The molecule has 10 nitrogen and oxygen atoms in total. The summed E-state index contributed by atoms with van der Waals surface area (Å²) in [5.41, 5.74) is 1.46. The van der Waals surface area contributed by atoms with Crippen LogP contribution in [0.15, 0.2) is 46.6 Å². The zero-order valence-corrected chi connectivity index (χ0v) is 21.5. The molecule has 0 saturated heterocycles. The van der Waals surface area contributed by atoms with Crippen molar-refractivity contribution in [3.8, 4) is 0 Å². The van der Waals surface area contributed by atoms with Crippen molar-refractivity contribution < 1.29 is 28.5 Å². The van der Waals surface area contributed by atoms with Crippen LogP contribution in [0.5, 0.6) is 0 Å². The van der Waals surface area contributed by atoms with E-state index in [9.17, 15) is 9.59 Å². The quantitative estimate of drug-likeness (QED) is 0.541. The molecule has 2 aliphatic heterocycles. The second-order valence-electron chi connectivity index (χ2n) is 9.19. The van der Waals surface area contributed by atoms with Crippen LogP contribution >= 0.6 is 23.2 Å². The highest BCUT2D eigenvalue weighted by Crippen LogP contribution is 2.40. The Labute approximate surface area is 222 Å². The molecule has 0 aromatic heterocycles. The number of nitrogens with zero attached hydrogens (tertiary/aromatic N) is 4. The molecule has 6 rings (SSSR count). The lowest BCUT2D eigenvalue weighted by atomic mass is 9.97. The van der Waals surface area contributed by atoms with Gasteiger partial charge in [-0.3, -0.25) is 0 Å². The third kappa shape index (κ3) is 3.62. The van der Waals surface area contributed by atoms with Gasteiger partial charge in [0.15, 0.2) is 0 Å². The van der Waals surface area contributed by atoms with Crippen molar-refractivity contribution >= 4 is 46.6 Å². The molecule has 12 heteroatoms. The fraction of sp³-hybridized carbons (Fsp3) is 0.360. The Hall–Kier alpha value is -3.18. The van der Waals surface area contributed by atoms with Crippen molar-refractivity contribution in [1.29, 1.82) is 0 Å². The summed E-state index contributed by atoms with van der Waals surface area (Å²) < 4.78 is 22.4. The zero-order valence-electron chi connectivity index (χ0n) is 20.0. The van der Waals surface area contributed by atoms with Gasteiger partial charge in [-0.05, 0) is 35.4 Å². The van der Waals surface area contributed by atoms with Crippen LogP contribution < -0.4 is 0 Å². The molecule has 2 aliphatic carbocycles. The Bertz CT molecular complexity index is 1290. The van der Waals surface area contributed by atoms with Gasteiger partial charge in [-0.1, -0.05) is 35.3 Å². The maximum Gasteiger partial charge on any atom is 0.345 e. The predicted octanol–water partition coefficient (Wildman–Crippen LogP) is 2.57. The largest absolute Gasteiger partial charge is 0.467 e. The minimum absolute atomic E-state index is 0.00993. The molecule has 0 saturated carbocycles. The van der Waals surface area contributed by atoms with Gasteiger partial charge in [0.1, 0.15) is 31.6 Å². The molecule has 0 radical (unpaired) electrons. The number of halogens is 2. The smallest absolute Gasteiger partial charge is 0.345 e. The molecule has 0 amide bonds. The van der Waals surface area contributed by atoms with E-state index in [-0.39, 0.29) is 33.0 Å². The molecule has 2 aromatic rings. The number of hydrazone groups is 2. The Kier molecular flexibility index (Phi) is 5.68. The number of carbonyl (C=O) groups is 2. The normalized spacial score (nSPS) is 25.4. The van der Waals surface area contributed by atoms with E-state index in [1.54, 1.807) is 34.3 Å². The molecule has 2 unspecified atom stereocenters. The van der Waals surface area contributed by atoms with Gasteiger partial charge in [-0.15, -0.1) is 0 Å². The maximum atomic E-state index is 12.8. The Balaban J connectivity index is 1.34. The van der Waals surface area contributed by atoms with Gasteiger partial charge >= 0.3 is 11.9 Å². The second-order valence-corrected chi connectivity index (χ2v) is 10.1. The number of esters is 2. The Morgan fingerprint density at radius 1 is 0.838 bits per heavy atom. The first-order valence-corrected chi connectivity index (χ1v) is 12.3. The van der Waals surface area contributed by atoms with Crippen LogP contribution in [0.4, 0.5) is 0 Å². The summed E-state index contributed by atoms with van der Waals surface area (Å²) >= 11 is 12.4. The van der Waals surface area contributed by atoms with E-state index in [0.717, 1.165) is 22.3 Å². The summed E-state index contributed by atoms with van der Waals surface area (Å²) in [7, 11) is 2.64. The lowest BCUT2D eigenvalue weighted by Gasteiger charge is -2.39. The van der Waals surface area contributed by atoms with Crippen molar-refractivity contribution in [2.45, 2.75) is 24.0 Å². The van der Waals surface area contributed by atoms with E-state index in [0.29, 0.717) is 21.5 Å². The van der Waals surface area contributed by atoms with Crippen LogP contribution in [0, 0.1) is 0 Å². The van der Waals surface area contributed by atoms with E-state index in [1.165, 1.54) is 14.2 Å². The minimum atomic E-state index is -1.34. The molecular weight excluding hydrogens is 523 g/mol. The molecular formula is C25H22Cl2N4O6. The minimum Gasteiger partial charge on any atom is -0.467 e. The molecule has 0 fully saturated rings. The third-order valence-electron chi connectivity index (χ3n) is 7.05. The van der Waals surface area contributed by atoms with Crippen molar-refractivity contribution in [2.24, 2.45) is 10.2 Å². The molecule has 0 N–H and O–H groups in total. The second kappa shape index (κ2) is 8.70. The Morgan fingerprint density at radius 3 is 1.68 bits per heavy atom. The van der Waals surface area contributed by atoms with Gasteiger partial charge in [0.25, 0.3) is 0 Å². The first kappa shape index (κ1) is 24.2. The van der Waals surface area contributed by atoms with Crippen molar-refractivity contribution in [1.82, 2.24) is 10.0 Å². The predicted molar refractivity (Wildman–Crippen MR) is 133 cm³/mol. The molecule has 4 aliphatic rings. The number of fused-ring (bicyclic) bond motifs is 6. The summed E-state index contributed by atoms with van der Waals surface area (Å²) in [6.07, 6.45) is 0.552. The van der Waals surface area contributed by atoms with E-state index >= 15 is 0 Å². The van der Waals surface area contributed by atoms with E-state index in [2.05, 4.69) is 0 Å². The van der Waals surface area contributed by atoms with E-state index < -0.39 is 23.1 Å². The number of benzene rings is 2. The standard InChI is InChI=1S/C25H22Cl2N4O6/c1-34-22(32)24-9-14-7-16(26)3-5-18(14)20(24)28-30(12-36-24)11-31-13-37-25(23(33)35-2)10-15-8-17(27)4-6-19(15)21(25)29-31/h3-8H,9-13H2,1-2H3. The lowest BCUT2D eigenvalue weighted by Crippen LogP contribution is -2.57. The molecule has 37 heavy (non-hydrogen) atoms. The highest BCUT2D eigenvalue weighted by atomic mass is 35.5. The fourth-order valence-electron chi connectivity index (χ4n) is 5.35. The number of methoxy groups -OCH3 is 2. The fourth-order valence-corrected chi connectivity index (χ4v) is 5.74.